The Morgan fingerprint density at radius 1 is 1.04 bits per heavy atom. The number of imide groups is 2. The third kappa shape index (κ3) is 4.37. The number of amides is 4. The summed E-state index contributed by atoms with van der Waals surface area (Å²) in [5.41, 5.74) is 1.37. The molecule has 4 aliphatic rings. The monoisotopic (exact) mass is 680 g/mol. The summed E-state index contributed by atoms with van der Waals surface area (Å²) in [6.45, 7) is 0.150. The van der Waals surface area contributed by atoms with Crippen molar-refractivity contribution in [3.05, 3.63) is 94.0 Å². The Bertz CT molecular complexity index is 1850. The van der Waals surface area contributed by atoms with Gasteiger partial charge in [0.25, 0.3) is 11.8 Å². The normalized spacial score (nSPS) is 30.5. The second kappa shape index (κ2) is 11.1. The molecule has 7 rings (SSSR count). The number of methoxy groups -OCH3 is 1. The molecule has 0 bridgehead atoms. The van der Waals surface area contributed by atoms with Crippen molar-refractivity contribution >= 4 is 69.9 Å². The van der Waals surface area contributed by atoms with E-state index in [1.807, 2.05) is 23.6 Å². The lowest BCUT2D eigenvalue weighted by Gasteiger charge is -2.49. The van der Waals surface area contributed by atoms with Crippen LogP contribution in [0, 0.1) is 29.5 Å². The van der Waals surface area contributed by atoms with Gasteiger partial charge in [0.1, 0.15) is 5.82 Å². The molecular weight excluding hydrogens is 654 g/mol. The summed E-state index contributed by atoms with van der Waals surface area (Å²) in [7, 11) is 1.42. The molecule has 3 heterocycles. The second-order valence-corrected chi connectivity index (χ2v) is 14.2. The number of anilines is 1. The summed E-state index contributed by atoms with van der Waals surface area (Å²) in [6, 6.07) is 13.3. The van der Waals surface area contributed by atoms with Crippen molar-refractivity contribution < 1.29 is 33.4 Å². The fourth-order valence-electron chi connectivity index (χ4n) is 7.43. The van der Waals surface area contributed by atoms with Crippen molar-refractivity contribution in [2.45, 2.75) is 29.1 Å². The molecule has 6 unspecified atom stereocenters. The topological polar surface area (TPSA) is 104 Å². The number of nitrogens with zero attached hydrogens (tertiary/aromatic N) is 2. The van der Waals surface area contributed by atoms with Crippen LogP contribution >= 0.6 is 34.5 Å². The summed E-state index contributed by atoms with van der Waals surface area (Å²) in [6.07, 6.45) is 5.32. The number of benzene rings is 2. The zero-order chi connectivity index (χ0) is 32.5. The molecule has 4 amide bonds. The average molecular weight is 682 g/mol. The second-order valence-electron chi connectivity index (χ2n) is 11.9. The van der Waals surface area contributed by atoms with Gasteiger partial charge in [-0.25, -0.2) is 9.29 Å². The lowest BCUT2D eigenvalue weighted by atomic mass is 9.57. The van der Waals surface area contributed by atoms with E-state index in [4.69, 9.17) is 27.9 Å². The lowest BCUT2D eigenvalue weighted by molar-refractivity contribution is -0.141. The number of carbonyl (C=O) groups is 4. The maximum atomic E-state index is 14.3. The number of halogens is 3. The van der Waals surface area contributed by atoms with Crippen LogP contribution in [0.5, 0.6) is 11.5 Å². The van der Waals surface area contributed by atoms with E-state index in [0.29, 0.717) is 11.1 Å². The van der Waals surface area contributed by atoms with Crippen LogP contribution in [0.2, 0.25) is 0 Å². The predicted octanol–water partition coefficient (Wildman–Crippen LogP) is 5.91. The molecule has 1 aromatic heterocycles. The number of hydrogen-bond acceptors (Lipinski definition) is 7. The van der Waals surface area contributed by atoms with E-state index in [9.17, 15) is 28.7 Å². The van der Waals surface area contributed by atoms with Crippen molar-refractivity contribution in [2.75, 3.05) is 12.0 Å². The maximum absolute atomic E-state index is 14.3. The molecule has 3 aromatic rings. The third-order valence-electron chi connectivity index (χ3n) is 9.62. The molecule has 6 atom stereocenters. The Balaban J connectivity index is 1.34. The Hall–Kier alpha value is -3.99. The molecule has 8 nitrogen and oxygen atoms in total. The molecule has 1 saturated carbocycles. The van der Waals surface area contributed by atoms with Gasteiger partial charge in [-0.3, -0.25) is 24.1 Å². The number of carbonyl (C=O) groups excluding carboxylic acids is 4. The van der Waals surface area contributed by atoms with E-state index < -0.39 is 51.1 Å². The van der Waals surface area contributed by atoms with Crippen molar-refractivity contribution in [1.82, 2.24) is 4.90 Å². The van der Waals surface area contributed by atoms with Gasteiger partial charge in [0.05, 0.1) is 31.2 Å². The van der Waals surface area contributed by atoms with Gasteiger partial charge in [-0.1, -0.05) is 35.9 Å². The largest absolute Gasteiger partial charge is 0.504 e. The Morgan fingerprint density at radius 3 is 2.50 bits per heavy atom. The molecule has 2 aliphatic heterocycles. The maximum Gasteiger partial charge on any atom is 0.258 e. The van der Waals surface area contributed by atoms with Crippen molar-refractivity contribution in [2.24, 2.45) is 23.7 Å². The van der Waals surface area contributed by atoms with Crippen molar-refractivity contribution in [3.8, 4) is 11.5 Å². The van der Waals surface area contributed by atoms with E-state index in [2.05, 4.69) is 0 Å². The van der Waals surface area contributed by atoms with Gasteiger partial charge in [-0.2, -0.15) is 0 Å². The van der Waals surface area contributed by atoms with Gasteiger partial charge in [-0.15, -0.1) is 34.5 Å². The number of phenols is 1. The molecule has 2 aliphatic carbocycles. The summed E-state index contributed by atoms with van der Waals surface area (Å²) in [5.74, 6) is -5.63. The fraction of sp³-hybridized carbons (Fsp3) is 0.294. The van der Waals surface area contributed by atoms with Crippen molar-refractivity contribution in [3.63, 3.8) is 0 Å². The summed E-state index contributed by atoms with van der Waals surface area (Å²) in [4.78, 5) is 55.2. The third-order valence-corrected chi connectivity index (χ3v) is 11.9. The van der Waals surface area contributed by atoms with Crippen molar-refractivity contribution in [1.29, 1.82) is 0 Å². The van der Waals surface area contributed by atoms with Crippen LogP contribution in [0.4, 0.5) is 10.1 Å². The quantitative estimate of drug-likeness (QED) is 0.197. The Kier molecular flexibility index (Phi) is 7.38. The molecule has 2 saturated heterocycles. The minimum absolute atomic E-state index is 0.0602. The van der Waals surface area contributed by atoms with Crippen LogP contribution in [0.1, 0.15) is 23.3 Å². The van der Waals surface area contributed by atoms with Crippen LogP contribution in [0.3, 0.4) is 0 Å². The first-order valence-electron chi connectivity index (χ1n) is 14.6. The van der Waals surface area contributed by atoms with Crippen LogP contribution < -0.4 is 9.64 Å². The zero-order valence-corrected chi connectivity index (χ0v) is 26.7. The molecule has 12 heteroatoms. The number of fused-ring (bicyclic) bond motifs is 4. The number of rotatable bonds is 6. The number of allylic oxidation sites excluding steroid dienone is 3. The van der Waals surface area contributed by atoms with Crippen LogP contribution in [0.15, 0.2) is 77.7 Å². The van der Waals surface area contributed by atoms with Gasteiger partial charge in [0.15, 0.2) is 21.2 Å². The van der Waals surface area contributed by atoms with Crippen LogP contribution in [-0.2, 0) is 25.7 Å². The standard InChI is InChI=1S/C34H27Cl2FN2O6S/c1-45-27-15-18(5-13-26(27)40)4-12-25-22-10-11-23-28(30(42)38(29(23)41)17-21-3-2-14-46-21)24(22)16-33(35)31(43)39(32(44)34(25,33)36)20-8-6-19(37)7-9-20/h2-10,12-15,23-25,28,40H,11,16-17H2,1H3. The van der Waals surface area contributed by atoms with E-state index in [0.717, 1.165) is 21.9 Å². The van der Waals surface area contributed by atoms with Gasteiger partial charge >= 0.3 is 0 Å². The van der Waals surface area contributed by atoms with Gasteiger partial charge in [-0.05, 0) is 72.2 Å². The zero-order valence-electron chi connectivity index (χ0n) is 24.4. The first-order chi connectivity index (χ1) is 22.0. The number of hydrogen-bond donors (Lipinski definition) is 1. The molecule has 3 fully saturated rings. The SMILES string of the molecule is COc1cc(C=CC2C3=CCC4C(=O)N(Cc5cccs5)C(=O)C4C3CC3(Cl)C(=O)N(c4ccc(F)cc4)C(=O)C23Cl)ccc1O. The number of likely N-dealkylation sites (tertiary alicyclic amines) is 1. The molecule has 0 radical (unpaired) electrons. The van der Waals surface area contributed by atoms with Crippen LogP contribution in [-0.4, -0.2) is 50.5 Å². The highest BCUT2D eigenvalue weighted by Gasteiger charge is 2.76. The van der Waals surface area contributed by atoms with Gasteiger partial charge in [0, 0.05) is 10.8 Å². The first-order valence-corrected chi connectivity index (χ1v) is 16.3. The summed E-state index contributed by atoms with van der Waals surface area (Å²) >= 11 is 16.1. The van der Waals surface area contributed by atoms with E-state index in [-0.39, 0.29) is 48.4 Å². The molecule has 236 valence electrons. The predicted molar refractivity (Wildman–Crippen MR) is 171 cm³/mol. The van der Waals surface area contributed by atoms with E-state index in [1.54, 1.807) is 24.3 Å². The van der Waals surface area contributed by atoms with Gasteiger partial charge < -0.3 is 9.84 Å². The minimum atomic E-state index is -2.02. The molecule has 2 aromatic carbocycles. The average Bonchev–Trinajstić information content (AvgIpc) is 3.69. The number of alkyl halides is 2. The highest BCUT2D eigenvalue weighted by molar-refractivity contribution is 7.09. The number of ether oxygens (including phenoxy) is 1. The number of thiophene rings is 1. The van der Waals surface area contributed by atoms with Crippen LogP contribution in [0.25, 0.3) is 6.08 Å². The highest BCUT2D eigenvalue weighted by atomic mass is 35.5. The summed E-state index contributed by atoms with van der Waals surface area (Å²) < 4.78 is 19.1. The Morgan fingerprint density at radius 2 is 1.80 bits per heavy atom. The highest BCUT2D eigenvalue weighted by Crippen LogP contribution is 2.63. The Labute approximate surface area is 277 Å². The number of phenolic OH excluding ortho intramolecular Hbond substituents is 1. The minimum Gasteiger partial charge on any atom is -0.504 e. The summed E-state index contributed by atoms with van der Waals surface area (Å²) in [5, 5.41) is 12.0. The fourth-order valence-corrected chi connectivity index (χ4v) is 9.01. The van der Waals surface area contributed by atoms with E-state index in [1.165, 1.54) is 41.5 Å². The smallest absolute Gasteiger partial charge is 0.258 e. The van der Waals surface area contributed by atoms with Gasteiger partial charge in [0.2, 0.25) is 11.8 Å². The van der Waals surface area contributed by atoms with E-state index >= 15 is 0 Å². The lowest BCUT2D eigenvalue weighted by Crippen LogP contribution is -2.60. The molecular formula is C34H27Cl2FN2O6S. The molecule has 46 heavy (non-hydrogen) atoms. The first kappa shape index (κ1) is 30.7. The number of aromatic hydroxyl groups is 1. The molecule has 0 spiro atoms. The molecule has 1 N–H and O–H groups in total.